The molecule has 0 saturated carbocycles. The van der Waals surface area contributed by atoms with E-state index >= 15 is 0 Å². The average molecular weight is 215 g/mol. The molecule has 1 atom stereocenters. The predicted molar refractivity (Wildman–Crippen MR) is 53.4 cm³/mol. The van der Waals surface area contributed by atoms with Crippen LogP contribution in [0.3, 0.4) is 0 Å². The molecule has 2 N–H and O–H groups in total. The first-order valence-corrected chi connectivity index (χ1v) is 4.60. The van der Waals surface area contributed by atoms with Crippen LogP contribution in [-0.4, -0.2) is 22.3 Å². The summed E-state index contributed by atoms with van der Waals surface area (Å²) in [6, 6.07) is 7.02. The van der Waals surface area contributed by atoms with Crippen LogP contribution in [0.1, 0.15) is 12.0 Å². The van der Waals surface area contributed by atoms with E-state index in [2.05, 4.69) is 0 Å². The Hall–Kier alpha value is -1.06. The number of hydrogen-bond acceptors (Lipinski definition) is 2. The lowest BCUT2D eigenvalue weighted by atomic mass is 10.1. The second-order valence-electron chi connectivity index (χ2n) is 3.09. The topological polar surface area (TPSA) is 57.5 Å². The molecule has 0 saturated heterocycles. The number of aliphatic carboxylic acids is 1. The maximum absolute atomic E-state index is 10.3. The Morgan fingerprint density at radius 2 is 2.21 bits per heavy atom. The van der Waals surface area contributed by atoms with Gasteiger partial charge in [-0.3, -0.25) is 4.79 Å². The van der Waals surface area contributed by atoms with Gasteiger partial charge in [0.05, 0.1) is 12.5 Å². The Kier molecular flexibility index (Phi) is 3.92. The van der Waals surface area contributed by atoms with Gasteiger partial charge in [-0.05, 0) is 24.1 Å². The Morgan fingerprint density at radius 1 is 1.50 bits per heavy atom. The summed E-state index contributed by atoms with van der Waals surface area (Å²) in [6.45, 7) is 0. The second-order valence-corrected chi connectivity index (χ2v) is 3.52. The summed E-state index contributed by atoms with van der Waals surface area (Å²) >= 11 is 5.74. The molecule has 1 aromatic carbocycles. The smallest absolute Gasteiger partial charge is 0.305 e. The maximum Gasteiger partial charge on any atom is 0.305 e. The van der Waals surface area contributed by atoms with Gasteiger partial charge in [0.2, 0.25) is 0 Å². The number of carbonyl (C=O) groups is 1. The molecule has 0 heterocycles. The lowest BCUT2D eigenvalue weighted by Gasteiger charge is -2.07. The van der Waals surface area contributed by atoms with Gasteiger partial charge in [0.1, 0.15) is 0 Å². The Labute approximate surface area is 86.9 Å². The Bertz CT molecular complexity index is 325. The van der Waals surface area contributed by atoms with Crippen molar-refractivity contribution < 1.29 is 15.0 Å². The van der Waals surface area contributed by atoms with Crippen LogP contribution in [0, 0.1) is 0 Å². The van der Waals surface area contributed by atoms with Crippen LogP contribution in [0.2, 0.25) is 5.02 Å². The first kappa shape index (κ1) is 11.0. The van der Waals surface area contributed by atoms with Crippen LogP contribution < -0.4 is 0 Å². The largest absolute Gasteiger partial charge is 0.481 e. The Morgan fingerprint density at radius 3 is 2.79 bits per heavy atom. The third kappa shape index (κ3) is 3.77. The molecule has 0 radical (unpaired) electrons. The lowest BCUT2D eigenvalue weighted by molar-refractivity contribution is -0.139. The minimum atomic E-state index is -1.00. The van der Waals surface area contributed by atoms with E-state index in [-0.39, 0.29) is 6.42 Å². The number of benzene rings is 1. The van der Waals surface area contributed by atoms with Gasteiger partial charge in [-0.15, -0.1) is 0 Å². The summed E-state index contributed by atoms with van der Waals surface area (Å²) in [7, 11) is 0. The van der Waals surface area contributed by atoms with Gasteiger partial charge < -0.3 is 10.2 Å². The summed E-state index contributed by atoms with van der Waals surface area (Å²) in [4.78, 5) is 10.3. The molecule has 0 aliphatic heterocycles. The molecule has 0 aromatic heterocycles. The van der Waals surface area contributed by atoms with E-state index in [4.69, 9.17) is 16.7 Å². The molecule has 0 fully saturated rings. The highest BCUT2D eigenvalue weighted by atomic mass is 35.5. The number of aliphatic hydroxyl groups excluding tert-OH is 1. The highest BCUT2D eigenvalue weighted by Gasteiger charge is 2.10. The molecule has 0 spiro atoms. The van der Waals surface area contributed by atoms with Gasteiger partial charge in [-0.1, -0.05) is 23.7 Å². The van der Waals surface area contributed by atoms with Gasteiger partial charge >= 0.3 is 5.97 Å². The standard InChI is InChI=1S/C10H11ClO3/c11-8-3-1-2-7(4-8)5-9(12)6-10(13)14/h1-4,9,12H,5-6H2,(H,13,14)/t9-/m0/s1. The molecule has 1 aromatic rings. The summed E-state index contributed by atoms with van der Waals surface area (Å²) in [6.07, 6.45) is -0.787. The minimum Gasteiger partial charge on any atom is -0.481 e. The highest BCUT2D eigenvalue weighted by molar-refractivity contribution is 6.30. The van der Waals surface area contributed by atoms with E-state index in [1.165, 1.54) is 0 Å². The number of carboxylic acid groups (broad SMARTS) is 1. The maximum atomic E-state index is 10.3. The van der Waals surface area contributed by atoms with Crippen molar-refractivity contribution in [2.24, 2.45) is 0 Å². The van der Waals surface area contributed by atoms with Gasteiger partial charge in [-0.25, -0.2) is 0 Å². The number of carboxylic acids is 1. The summed E-state index contributed by atoms with van der Waals surface area (Å²) in [5.41, 5.74) is 0.839. The highest BCUT2D eigenvalue weighted by Crippen LogP contribution is 2.13. The number of hydrogen-bond donors (Lipinski definition) is 2. The molecular formula is C10H11ClO3. The molecule has 0 aliphatic rings. The van der Waals surface area contributed by atoms with E-state index in [1.54, 1.807) is 24.3 Å². The Balaban J connectivity index is 2.55. The molecule has 14 heavy (non-hydrogen) atoms. The second kappa shape index (κ2) is 4.98. The minimum absolute atomic E-state index is 0.244. The molecule has 76 valence electrons. The third-order valence-corrected chi connectivity index (χ3v) is 2.01. The molecule has 0 aliphatic carbocycles. The monoisotopic (exact) mass is 214 g/mol. The number of rotatable bonds is 4. The molecular weight excluding hydrogens is 204 g/mol. The van der Waals surface area contributed by atoms with Crippen molar-refractivity contribution in [3.63, 3.8) is 0 Å². The zero-order chi connectivity index (χ0) is 10.6. The van der Waals surface area contributed by atoms with Crippen LogP contribution in [0.25, 0.3) is 0 Å². The normalized spacial score (nSPS) is 12.4. The van der Waals surface area contributed by atoms with Crippen molar-refractivity contribution in [2.75, 3.05) is 0 Å². The lowest BCUT2D eigenvalue weighted by Crippen LogP contribution is -2.15. The SMILES string of the molecule is O=C(O)C[C@@H](O)Cc1cccc(Cl)c1. The summed E-state index contributed by atoms with van der Waals surface area (Å²) in [5, 5.41) is 18.4. The zero-order valence-corrected chi connectivity index (χ0v) is 8.24. The van der Waals surface area contributed by atoms with Gasteiger partial charge in [0.25, 0.3) is 0 Å². The van der Waals surface area contributed by atoms with Crippen molar-refractivity contribution in [2.45, 2.75) is 18.9 Å². The first-order chi connectivity index (χ1) is 6.58. The van der Waals surface area contributed by atoms with Crippen molar-refractivity contribution in [3.05, 3.63) is 34.9 Å². The fourth-order valence-electron chi connectivity index (χ4n) is 1.21. The fraction of sp³-hybridized carbons (Fsp3) is 0.300. The quantitative estimate of drug-likeness (QED) is 0.803. The summed E-state index contributed by atoms with van der Waals surface area (Å²) in [5.74, 6) is -1.00. The summed E-state index contributed by atoms with van der Waals surface area (Å²) < 4.78 is 0. The zero-order valence-electron chi connectivity index (χ0n) is 7.48. The van der Waals surface area contributed by atoms with Crippen molar-refractivity contribution in [3.8, 4) is 0 Å². The van der Waals surface area contributed by atoms with Crippen LogP contribution in [0.15, 0.2) is 24.3 Å². The van der Waals surface area contributed by atoms with Crippen LogP contribution in [-0.2, 0) is 11.2 Å². The van der Waals surface area contributed by atoms with Crippen molar-refractivity contribution in [1.29, 1.82) is 0 Å². The molecule has 1 rings (SSSR count). The van der Waals surface area contributed by atoms with Gasteiger partial charge in [-0.2, -0.15) is 0 Å². The molecule has 0 bridgehead atoms. The predicted octanol–water partition coefficient (Wildman–Crippen LogP) is 1.72. The van der Waals surface area contributed by atoms with Gasteiger partial charge in [0, 0.05) is 5.02 Å². The molecule has 0 unspecified atom stereocenters. The molecule has 4 heteroatoms. The van der Waals surface area contributed by atoms with Crippen LogP contribution >= 0.6 is 11.6 Å². The van der Waals surface area contributed by atoms with E-state index in [9.17, 15) is 9.90 Å². The van der Waals surface area contributed by atoms with Crippen LogP contribution in [0.5, 0.6) is 0 Å². The van der Waals surface area contributed by atoms with Crippen molar-refractivity contribution >= 4 is 17.6 Å². The average Bonchev–Trinajstić information content (AvgIpc) is 2.01. The molecule has 3 nitrogen and oxygen atoms in total. The molecule has 0 amide bonds. The third-order valence-electron chi connectivity index (χ3n) is 1.77. The number of aliphatic hydroxyl groups is 1. The van der Waals surface area contributed by atoms with E-state index in [0.29, 0.717) is 11.4 Å². The van der Waals surface area contributed by atoms with Crippen LogP contribution in [0.4, 0.5) is 0 Å². The van der Waals surface area contributed by atoms with E-state index in [1.807, 2.05) is 0 Å². The fourth-order valence-corrected chi connectivity index (χ4v) is 1.42. The van der Waals surface area contributed by atoms with Crippen molar-refractivity contribution in [1.82, 2.24) is 0 Å². The van der Waals surface area contributed by atoms with E-state index in [0.717, 1.165) is 5.56 Å². The number of halogens is 1. The first-order valence-electron chi connectivity index (χ1n) is 4.22. The van der Waals surface area contributed by atoms with E-state index < -0.39 is 12.1 Å². The van der Waals surface area contributed by atoms with Gasteiger partial charge in [0.15, 0.2) is 0 Å².